The third kappa shape index (κ3) is 19.5. The molecule has 0 amide bonds. The zero-order valence-corrected chi connectivity index (χ0v) is 18.5. The van der Waals surface area contributed by atoms with E-state index < -0.39 is 24.5 Å². The van der Waals surface area contributed by atoms with Crippen LogP contribution in [0.25, 0.3) is 0 Å². The maximum absolute atomic E-state index is 11.9. The molecule has 0 aliphatic carbocycles. The second kappa shape index (κ2) is 19.7. The van der Waals surface area contributed by atoms with Crippen molar-refractivity contribution >= 4 is 17.9 Å². The number of aliphatic carboxylic acids is 1. The van der Waals surface area contributed by atoms with Gasteiger partial charge in [-0.05, 0) is 12.8 Å². The van der Waals surface area contributed by atoms with Gasteiger partial charge in [0.25, 0.3) is 0 Å². The molecule has 0 aromatic heterocycles. The Balaban J connectivity index is 4.00. The minimum Gasteiger partial charge on any atom is -0.480 e. The molecule has 0 atom stereocenters. The van der Waals surface area contributed by atoms with E-state index in [2.05, 4.69) is 13.8 Å². The predicted molar refractivity (Wildman–Crippen MR) is 113 cm³/mol. The molecule has 0 saturated carbocycles. The van der Waals surface area contributed by atoms with E-state index in [0.717, 1.165) is 38.5 Å². The van der Waals surface area contributed by atoms with Gasteiger partial charge in [-0.15, -0.1) is 0 Å². The zero-order valence-electron chi connectivity index (χ0n) is 18.5. The Hall–Kier alpha value is -1.63. The van der Waals surface area contributed by atoms with Gasteiger partial charge < -0.3 is 14.6 Å². The number of esters is 2. The Kier molecular flexibility index (Phi) is 18.6. The number of carbonyl (C=O) groups excluding carboxylic acids is 2. The minimum atomic E-state index is -1.10. The number of hydrogen-bond donors (Lipinski definition) is 1. The fourth-order valence-corrected chi connectivity index (χ4v) is 2.95. The third-order valence-corrected chi connectivity index (χ3v) is 4.59. The lowest BCUT2D eigenvalue weighted by molar-refractivity contribution is -0.150. The highest BCUT2D eigenvalue weighted by Gasteiger charge is 2.19. The molecule has 0 bridgehead atoms. The predicted octanol–water partition coefficient (Wildman–Crippen LogP) is 4.18. The van der Waals surface area contributed by atoms with Gasteiger partial charge in [-0.1, -0.05) is 78.1 Å². The highest BCUT2D eigenvalue weighted by molar-refractivity contribution is 5.77. The fraction of sp³-hybridized carbons (Fsp3) is 0.864. The van der Waals surface area contributed by atoms with Crippen LogP contribution in [0.15, 0.2) is 0 Å². The van der Waals surface area contributed by atoms with Gasteiger partial charge in [-0.2, -0.15) is 0 Å². The summed E-state index contributed by atoms with van der Waals surface area (Å²) in [7, 11) is 0. The van der Waals surface area contributed by atoms with Gasteiger partial charge in [-0.3, -0.25) is 19.3 Å². The van der Waals surface area contributed by atoms with Crippen molar-refractivity contribution in [2.24, 2.45) is 0 Å². The molecule has 0 saturated heterocycles. The maximum atomic E-state index is 11.9. The van der Waals surface area contributed by atoms with Gasteiger partial charge in [0.1, 0.15) is 0 Å². The second-order valence-electron chi connectivity index (χ2n) is 7.52. The highest BCUT2D eigenvalue weighted by Crippen LogP contribution is 2.06. The van der Waals surface area contributed by atoms with Gasteiger partial charge in [-0.25, -0.2) is 0 Å². The average Bonchev–Trinajstić information content (AvgIpc) is 2.66. The van der Waals surface area contributed by atoms with E-state index in [9.17, 15) is 14.4 Å². The third-order valence-electron chi connectivity index (χ3n) is 4.59. The molecule has 0 aliphatic heterocycles. The summed E-state index contributed by atoms with van der Waals surface area (Å²) in [6.07, 6.45) is 13.1. The Morgan fingerprint density at radius 2 is 1.00 bits per heavy atom. The monoisotopic (exact) mass is 415 g/mol. The number of carboxylic acid groups (broad SMARTS) is 1. The van der Waals surface area contributed by atoms with Gasteiger partial charge >= 0.3 is 17.9 Å². The molecule has 0 aromatic carbocycles. The van der Waals surface area contributed by atoms with Crippen molar-refractivity contribution in [3.8, 4) is 0 Å². The molecule has 7 heteroatoms. The quantitative estimate of drug-likeness (QED) is 0.235. The number of carbonyl (C=O) groups is 3. The van der Waals surface area contributed by atoms with Crippen molar-refractivity contribution in [1.82, 2.24) is 4.90 Å². The molecule has 0 fully saturated rings. The molecule has 170 valence electrons. The lowest BCUT2D eigenvalue weighted by atomic mass is 10.1. The number of rotatable bonds is 20. The summed E-state index contributed by atoms with van der Waals surface area (Å²) in [6, 6.07) is 0. The number of nitrogens with zero attached hydrogens (tertiary/aromatic N) is 1. The summed E-state index contributed by atoms with van der Waals surface area (Å²) < 4.78 is 10.3. The second-order valence-corrected chi connectivity index (χ2v) is 7.52. The van der Waals surface area contributed by atoms with Crippen molar-refractivity contribution in [2.45, 2.75) is 90.9 Å². The van der Waals surface area contributed by atoms with Crippen LogP contribution in [-0.2, 0) is 23.9 Å². The lowest BCUT2D eigenvalue weighted by Crippen LogP contribution is -2.39. The number of hydrogen-bond acceptors (Lipinski definition) is 6. The van der Waals surface area contributed by atoms with Crippen molar-refractivity contribution in [3.63, 3.8) is 0 Å². The molecule has 7 nitrogen and oxygen atoms in total. The topological polar surface area (TPSA) is 93.1 Å². The van der Waals surface area contributed by atoms with E-state index in [-0.39, 0.29) is 13.1 Å². The zero-order chi connectivity index (χ0) is 21.7. The largest absolute Gasteiger partial charge is 0.480 e. The summed E-state index contributed by atoms with van der Waals surface area (Å²) in [6.45, 7) is 4.12. The van der Waals surface area contributed by atoms with Crippen LogP contribution in [0.4, 0.5) is 0 Å². The van der Waals surface area contributed by atoms with Gasteiger partial charge in [0, 0.05) is 0 Å². The summed E-state index contributed by atoms with van der Waals surface area (Å²) in [5.41, 5.74) is 0. The van der Waals surface area contributed by atoms with Crippen molar-refractivity contribution in [2.75, 3.05) is 32.8 Å². The lowest BCUT2D eigenvalue weighted by Gasteiger charge is -2.18. The van der Waals surface area contributed by atoms with Gasteiger partial charge in [0.05, 0.1) is 32.8 Å². The first-order valence-corrected chi connectivity index (χ1v) is 11.2. The Morgan fingerprint density at radius 3 is 1.38 bits per heavy atom. The summed E-state index contributed by atoms with van der Waals surface area (Å²) in [4.78, 5) is 36.1. The molecule has 0 heterocycles. The highest BCUT2D eigenvalue weighted by atomic mass is 16.5. The van der Waals surface area contributed by atoms with Crippen LogP contribution < -0.4 is 0 Å². The van der Waals surface area contributed by atoms with Crippen LogP contribution in [-0.4, -0.2) is 60.8 Å². The molecule has 0 radical (unpaired) electrons. The molecule has 0 aliphatic rings. The van der Waals surface area contributed by atoms with E-state index in [1.807, 2.05) is 0 Å². The first-order chi connectivity index (χ1) is 14.0. The first-order valence-electron chi connectivity index (χ1n) is 11.2. The van der Waals surface area contributed by atoms with Crippen LogP contribution in [0.3, 0.4) is 0 Å². The Morgan fingerprint density at radius 1 is 0.621 bits per heavy atom. The van der Waals surface area contributed by atoms with E-state index in [1.165, 1.54) is 43.4 Å². The van der Waals surface area contributed by atoms with Crippen molar-refractivity contribution < 1.29 is 29.0 Å². The smallest absolute Gasteiger partial charge is 0.320 e. The molecule has 0 unspecified atom stereocenters. The van der Waals surface area contributed by atoms with E-state index in [1.54, 1.807) is 0 Å². The molecule has 0 spiro atoms. The number of ether oxygens (including phenoxy) is 2. The normalized spacial score (nSPS) is 10.9. The Bertz CT molecular complexity index is 409. The minimum absolute atomic E-state index is 0.228. The van der Waals surface area contributed by atoms with Crippen LogP contribution in [0.5, 0.6) is 0 Å². The number of unbranched alkanes of at least 4 members (excludes halogenated alkanes) is 10. The number of carboxylic acids is 1. The molecule has 0 aromatic rings. The van der Waals surface area contributed by atoms with Crippen LogP contribution in [0.2, 0.25) is 0 Å². The van der Waals surface area contributed by atoms with Gasteiger partial charge in [0.2, 0.25) is 0 Å². The molecule has 1 N–H and O–H groups in total. The van der Waals surface area contributed by atoms with E-state index in [4.69, 9.17) is 14.6 Å². The Labute approximate surface area is 176 Å². The standard InChI is InChI=1S/C22H41NO6/c1-3-5-7-9-11-13-15-28-21(26)18-23(17-20(24)25)19-22(27)29-16-14-12-10-8-6-4-2/h3-19H2,1-2H3,(H,24,25). The molecular formula is C22H41NO6. The molecule has 29 heavy (non-hydrogen) atoms. The summed E-state index contributed by atoms with van der Waals surface area (Å²) >= 11 is 0. The van der Waals surface area contributed by atoms with Crippen molar-refractivity contribution in [1.29, 1.82) is 0 Å². The summed E-state index contributed by atoms with van der Waals surface area (Å²) in [5.74, 6) is -2.12. The molecule has 0 rings (SSSR count). The van der Waals surface area contributed by atoms with Crippen LogP contribution >= 0.6 is 0 Å². The van der Waals surface area contributed by atoms with E-state index in [0.29, 0.717) is 13.2 Å². The van der Waals surface area contributed by atoms with Crippen LogP contribution in [0.1, 0.15) is 90.9 Å². The van der Waals surface area contributed by atoms with Gasteiger partial charge in [0.15, 0.2) is 0 Å². The fourth-order valence-electron chi connectivity index (χ4n) is 2.95. The molecular weight excluding hydrogens is 374 g/mol. The maximum Gasteiger partial charge on any atom is 0.320 e. The SMILES string of the molecule is CCCCCCCCOC(=O)CN(CC(=O)O)CC(=O)OCCCCCCCC. The van der Waals surface area contributed by atoms with Crippen LogP contribution in [0, 0.1) is 0 Å². The average molecular weight is 416 g/mol. The van der Waals surface area contributed by atoms with E-state index >= 15 is 0 Å². The van der Waals surface area contributed by atoms with Crippen molar-refractivity contribution in [3.05, 3.63) is 0 Å². The summed E-state index contributed by atoms with van der Waals surface area (Å²) in [5, 5.41) is 9.00. The first kappa shape index (κ1) is 27.4.